The lowest BCUT2D eigenvalue weighted by atomic mass is 9.77. The minimum absolute atomic E-state index is 0.0626. The van der Waals surface area contributed by atoms with Gasteiger partial charge in [-0.2, -0.15) is 8.42 Å². The summed E-state index contributed by atoms with van der Waals surface area (Å²) in [7, 11) is -7.75. The maximum absolute atomic E-state index is 13.8. The van der Waals surface area contributed by atoms with Crippen molar-refractivity contribution in [1.82, 2.24) is 9.62 Å². The van der Waals surface area contributed by atoms with Crippen LogP contribution in [0.3, 0.4) is 0 Å². The van der Waals surface area contributed by atoms with Gasteiger partial charge < -0.3 is 15.3 Å². The Hall–Kier alpha value is -1.96. The first-order valence-corrected chi connectivity index (χ1v) is 16.7. The normalized spacial score (nSPS) is 26.8. The number of rotatable bonds is 6. The fourth-order valence-electron chi connectivity index (χ4n) is 5.97. The summed E-state index contributed by atoms with van der Waals surface area (Å²) in [6, 6.07) is -0.0799. The molecule has 0 aromatic carbocycles. The molecule has 2 atom stereocenters. The minimum atomic E-state index is -4.23. The lowest BCUT2D eigenvalue weighted by Crippen LogP contribution is -2.54. The fourth-order valence-corrected chi connectivity index (χ4v) is 8.99. The Labute approximate surface area is 216 Å². The molecule has 0 bridgehead atoms. The van der Waals surface area contributed by atoms with E-state index in [9.17, 15) is 26.7 Å². The number of carbonyl (C=O) groups is 1. The predicted molar refractivity (Wildman–Crippen MR) is 138 cm³/mol. The number of amides is 1. The van der Waals surface area contributed by atoms with Crippen LogP contribution in [0.25, 0.3) is 0 Å². The minimum Gasteiger partial charge on any atom is -0.511 e. The van der Waals surface area contributed by atoms with Crippen molar-refractivity contribution in [2.75, 3.05) is 18.1 Å². The molecule has 10 nitrogen and oxygen atoms in total. The number of amidine groups is 1. The highest BCUT2D eigenvalue weighted by Gasteiger charge is 2.46. The molecule has 198 valence electrons. The van der Waals surface area contributed by atoms with Gasteiger partial charge in [-0.1, -0.05) is 32.1 Å². The summed E-state index contributed by atoms with van der Waals surface area (Å²) in [6.45, 7) is 0.421. The molecule has 1 aromatic heterocycles. The molecule has 2 aliphatic carbocycles. The van der Waals surface area contributed by atoms with E-state index in [1.54, 1.807) is 5.38 Å². The molecule has 0 radical (unpaired) electrons. The van der Waals surface area contributed by atoms with E-state index in [4.69, 9.17) is 0 Å². The average molecular weight is 557 g/mol. The van der Waals surface area contributed by atoms with Crippen LogP contribution in [-0.2, 0) is 31.4 Å². The summed E-state index contributed by atoms with van der Waals surface area (Å²) in [5, 5.41) is 16.0. The molecular formula is C23H32N4O6S3. The lowest BCUT2D eigenvalue weighted by molar-refractivity contribution is -0.133. The summed E-state index contributed by atoms with van der Waals surface area (Å²) >= 11 is 1.09. The Morgan fingerprint density at radius 3 is 2.58 bits per heavy atom. The van der Waals surface area contributed by atoms with E-state index < -0.39 is 20.0 Å². The van der Waals surface area contributed by atoms with Gasteiger partial charge in [0.25, 0.3) is 15.9 Å². The van der Waals surface area contributed by atoms with Crippen molar-refractivity contribution in [3.63, 3.8) is 0 Å². The SMILES string of the molecule is CS(=O)(=O)NCc1csc2c1S(=O)(=O)N=C(C1=C(O)C3CCCCC3N(CC3CCCCC3)C1=O)N2. The average Bonchev–Trinajstić information content (AvgIpc) is 3.25. The number of nitrogens with zero attached hydrogens (tertiary/aromatic N) is 2. The van der Waals surface area contributed by atoms with Gasteiger partial charge in [0.05, 0.1) is 6.26 Å². The van der Waals surface area contributed by atoms with Gasteiger partial charge in [-0.05, 0) is 37.0 Å². The van der Waals surface area contributed by atoms with Crippen LogP contribution in [0.5, 0.6) is 0 Å². The van der Waals surface area contributed by atoms with Gasteiger partial charge in [-0.3, -0.25) is 4.79 Å². The van der Waals surface area contributed by atoms with Crippen molar-refractivity contribution in [3.8, 4) is 0 Å². The maximum Gasteiger partial charge on any atom is 0.287 e. The van der Waals surface area contributed by atoms with E-state index in [2.05, 4.69) is 14.4 Å². The molecule has 2 saturated carbocycles. The van der Waals surface area contributed by atoms with Crippen LogP contribution in [0.15, 0.2) is 26.0 Å². The fraction of sp³-hybridized carbons (Fsp3) is 0.652. The van der Waals surface area contributed by atoms with E-state index in [1.165, 1.54) is 6.42 Å². The molecule has 2 unspecified atom stereocenters. The first-order valence-electron chi connectivity index (χ1n) is 12.5. The second-order valence-corrected chi connectivity index (χ2v) is 14.5. The number of carbonyl (C=O) groups excluding carboxylic acids is 1. The first-order chi connectivity index (χ1) is 17.0. The van der Waals surface area contributed by atoms with Crippen molar-refractivity contribution < 1.29 is 26.7 Å². The molecule has 0 saturated heterocycles. The number of hydrogen-bond acceptors (Lipinski definition) is 8. The van der Waals surface area contributed by atoms with E-state index in [-0.39, 0.29) is 57.0 Å². The van der Waals surface area contributed by atoms with Crippen LogP contribution in [-0.4, -0.2) is 57.4 Å². The molecule has 2 aliphatic heterocycles. The van der Waals surface area contributed by atoms with Crippen LogP contribution in [0.4, 0.5) is 5.00 Å². The molecule has 4 aliphatic rings. The summed E-state index contributed by atoms with van der Waals surface area (Å²) in [4.78, 5) is 15.6. The van der Waals surface area contributed by atoms with Gasteiger partial charge in [0.15, 0.2) is 5.84 Å². The summed E-state index contributed by atoms with van der Waals surface area (Å²) < 4.78 is 55.6. The third-order valence-corrected chi connectivity index (χ3v) is 10.8. The third-order valence-electron chi connectivity index (χ3n) is 7.67. The van der Waals surface area contributed by atoms with Crippen LogP contribution in [0.2, 0.25) is 0 Å². The predicted octanol–water partition coefficient (Wildman–Crippen LogP) is 3.10. The third kappa shape index (κ3) is 4.94. The van der Waals surface area contributed by atoms with Gasteiger partial charge >= 0.3 is 0 Å². The topological polar surface area (TPSA) is 145 Å². The Kier molecular flexibility index (Phi) is 6.94. The molecule has 1 amide bonds. The number of hydrogen-bond donors (Lipinski definition) is 3. The summed E-state index contributed by atoms with van der Waals surface area (Å²) in [5.41, 5.74) is 0.211. The number of aliphatic hydroxyl groups is 1. The molecule has 3 heterocycles. The van der Waals surface area contributed by atoms with Crippen LogP contribution >= 0.6 is 11.3 Å². The standard InChI is InChI=1S/C23H32N4O6S3/c1-35(30,31)24-11-15-13-34-22-20(15)36(32,33)26-21(25-22)18-19(28)16-9-5-6-10-17(16)27(23(18)29)12-14-7-3-2-4-8-14/h13-14,16-17,24,28H,2-12H2,1H3,(H,25,26). The molecule has 2 fully saturated rings. The van der Waals surface area contributed by atoms with Crippen molar-refractivity contribution in [2.45, 2.75) is 75.3 Å². The highest BCUT2D eigenvalue weighted by Crippen LogP contribution is 2.42. The quantitative estimate of drug-likeness (QED) is 0.488. The van der Waals surface area contributed by atoms with Gasteiger partial charge in [0.1, 0.15) is 21.2 Å². The van der Waals surface area contributed by atoms with E-state index >= 15 is 0 Å². The number of aliphatic hydroxyl groups excluding tert-OH is 1. The molecule has 36 heavy (non-hydrogen) atoms. The Bertz CT molecular complexity index is 1330. The number of nitrogens with one attached hydrogen (secondary N) is 2. The Morgan fingerprint density at radius 2 is 1.86 bits per heavy atom. The Morgan fingerprint density at radius 1 is 1.17 bits per heavy atom. The second kappa shape index (κ2) is 9.73. The molecule has 13 heteroatoms. The summed E-state index contributed by atoms with van der Waals surface area (Å²) in [5.74, 6) is -0.439. The van der Waals surface area contributed by atoms with Crippen LogP contribution < -0.4 is 10.0 Å². The highest BCUT2D eigenvalue weighted by atomic mass is 32.2. The molecule has 0 spiro atoms. The molecular weight excluding hydrogens is 524 g/mol. The number of fused-ring (bicyclic) bond motifs is 2. The van der Waals surface area contributed by atoms with Crippen molar-refractivity contribution in [3.05, 3.63) is 22.3 Å². The molecule has 3 N–H and O–H groups in total. The van der Waals surface area contributed by atoms with Crippen molar-refractivity contribution >= 4 is 48.1 Å². The monoisotopic (exact) mass is 556 g/mol. The zero-order valence-electron chi connectivity index (χ0n) is 20.2. The van der Waals surface area contributed by atoms with E-state index in [1.807, 2.05) is 4.90 Å². The first kappa shape index (κ1) is 25.7. The zero-order valence-corrected chi connectivity index (χ0v) is 22.6. The molecule has 5 rings (SSSR count). The zero-order chi connectivity index (χ0) is 25.7. The lowest BCUT2D eigenvalue weighted by Gasteiger charge is -2.45. The van der Waals surface area contributed by atoms with E-state index in [0.717, 1.165) is 69.0 Å². The largest absolute Gasteiger partial charge is 0.511 e. The van der Waals surface area contributed by atoms with Gasteiger partial charge in [0.2, 0.25) is 10.0 Å². The number of sulfonamides is 2. The van der Waals surface area contributed by atoms with Gasteiger partial charge in [-0.15, -0.1) is 15.7 Å². The summed E-state index contributed by atoms with van der Waals surface area (Å²) in [6.07, 6.45) is 10.2. The van der Waals surface area contributed by atoms with Gasteiger partial charge in [-0.25, -0.2) is 13.1 Å². The number of anilines is 1. The smallest absolute Gasteiger partial charge is 0.287 e. The van der Waals surface area contributed by atoms with Crippen LogP contribution in [0, 0.1) is 11.8 Å². The van der Waals surface area contributed by atoms with Crippen LogP contribution in [0.1, 0.15) is 63.4 Å². The molecule has 1 aromatic rings. The Balaban J connectivity index is 1.49. The highest BCUT2D eigenvalue weighted by molar-refractivity contribution is 7.91. The van der Waals surface area contributed by atoms with Crippen molar-refractivity contribution in [2.24, 2.45) is 16.2 Å². The van der Waals surface area contributed by atoms with Crippen molar-refractivity contribution in [1.29, 1.82) is 0 Å². The maximum atomic E-state index is 13.8. The second-order valence-electron chi connectivity index (χ2n) is 10.2. The number of thiophene rings is 1. The van der Waals surface area contributed by atoms with E-state index in [0.29, 0.717) is 12.5 Å². The van der Waals surface area contributed by atoms with Gasteiger partial charge in [0, 0.05) is 30.6 Å².